The number of alkyl halides is 3. The maximum atomic E-state index is 12.5. The standard InChI is InChI=1S/C6H12F3N/c1-4(2)5(7)6(8,9)3-10/h4-5H,3,10H2,1-2H3. The van der Waals surface area contributed by atoms with E-state index in [4.69, 9.17) is 0 Å². The Labute approximate surface area is 58.4 Å². The Hall–Kier alpha value is -0.250. The molecular weight excluding hydrogens is 143 g/mol. The molecule has 0 rings (SSSR count). The Kier molecular flexibility index (Phi) is 3.15. The fourth-order valence-electron chi connectivity index (χ4n) is 0.600. The topological polar surface area (TPSA) is 26.0 Å². The summed E-state index contributed by atoms with van der Waals surface area (Å²) in [7, 11) is 0. The molecule has 1 unspecified atom stereocenters. The van der Waals surface area contributed by atoms with Gasteiger partial charge in [-0.2, -0.15) is 0 Å². The van der Waals surface area contributed by atoms with E-state index in [0.29, 0.717) is 0 Å². The number of hydrogen-bond acceptors (Lipinski definition) is 1. The van der Waals surface area contributed by atoms with Crippen molar-refractivity contribution in [1.29, 1.82) is 0 Å². The molecule has 0 bridgehead atoms. The van der Waals surface area contributed by atoms with Crippen LogP contribution in [0.2, 0.25) is 0 Å². The van der Waals surface area contributed by atoms with Crippen molar-refractivity contribution < 1.29 is 13.2 Å². The van der Waals surface area contributed by atoms with Crippen LogP contribution in [0.5, 0.6) is 0 Å². The van der Waals surface area contributed by atoms with E-state index in [-0.39, 0.29) is 0 Å². The van der Waals surface area contributed by atoms with Gasteiger partial charge in [-0.3, -0.25) is 0 Å². The molecule has 10 heavy (non-hydrogen) atoms. The lowest BCUT2D eigenvalue weighted by atomic mass is 10.0. The molecule has 4 heteroatoms. The Morgan fingerprint density at radius 1 is 1.40 bits per heavy atom. The highest BCUT2D eigenvalue weighted by molar-refractivity contribution is 4.79. The predicted octanol–water partition coefficient (Wildman–Crippen LogP) is 1.57. The van der Waals surface area contributed by atoms with Crippen LogP contribution in [-0.4, -0.2) is 18.6 Å². The maximum absolute atomic E-state index is 12.5. The fraction of sp³-hybridized carbons (Fsp3) is 1.00. The van der Waals surface area contributed by atoms with E-state index in [2.05, 4.69) is 5.73 Å². The number of hydrogen-bond donors (Lipinski definition) is 1. The van der Waals surface area contributed by atoms with Crippen molar-refractivity contribution in [2.75, 3.05) is 6.54 Å². The first-order valence-corrected chi connectivity index (χ1v) is 3.13. The average Bonchev–Trinajstić information content (AvgIpc) is 1.86. The van der Waals surface area contributed by atoms with Crippen molar-refractivity contribution in [3.63, 3.8) is 0 Å². The second kappa shape index (κ2) is 3.23. The summed E-state index contributed by atoms with van der Waals surface area (Å²) in [5.74, 6) is -4.05. The van der Waals surface area contributed by atoms with Gasteiger partial charge in [0, 0.05) is 0 Å². The van der Waals surface area contributed by atoms with E-state index < -0.39 is 24.6 Å². The van der Waals surface area contributed by atoms with Crippen LogP contribution >= 0.6 is 0 Å². The lowest BCUT2D eigenvalue weighted by molar-refractivity contribution is -0.0802. The van der Waals surface area contributed by atoms with Gasteiger partial charge >= 0.3 is 0 Å². The molecule has 0 aliphatic heterocycles. The van der Waals surface area contributed by atoms with Crippen LogP contribution in [0.4, 0.5) is 13.2 Å². The van der Waals surface area contributed by atoms with E-state index >= 15 is 0 Å². The first-order chi connectivity index (χ1) is 4.41. The molecule has 0 aliphatic rings. The highest BCUT2D eigenvalue weighted by atomic mass is 19.3. The molecule has 0 aliphatic carbocycles. The summed E-state index contributed by atoms with van der Waals surface area (Å²) in [6.45, 7) is 1.87. The molecule has 0 fully saturated rings. The molecule has 0 aromatic rings. The second-order valence-electron chi connectivity index (χ2n) is 2.61. The molecule has 62 valence electrons. The molecule has 0 amide bonds. The smallest absolute Gasteiger partial charge is 0.290 e. The van der Waals surface area contributed by atoms with Gasteiger partial charge in [0.25, 0.3) is 5.92 Å². The molecule has 0 heterocycles. The minimum atomic E-state index is -3.37. The molecular formula is C6H12F3N. The molecule has 1 atom stereocenters. The van der Waals surface area contributed by atoms with Crippen LogP contribution in [-0.2, 0) is 0 Å². The van der Waals surface area contributed by atoms with E-state index in [0.717, 1.165) is 0 Å². The number of rotatable bonds is 3. The van der Waals surface area contributed by atoms with E-state index in [1.807, 2.05) is 0 Å². The first-order valence-electron chi connectivity index (χ1n) is 3.13. The Morgan fingerprint density at radius 2 is 1.80 bits per heavy atom. The molecule has 0 aromatic heterocycles. The quantitative estimate of drug-likeness (QED) is 0.657. The third kappa shape index (κ3) is 2.17. The summed E-state index contributed by atoms with van der Waals surface area (Å²) in [5, 5.41) is 0. The van der Waals surface area contributed by atoms with Crippen LogP contribution in [0.25, 0.3) is 0 Å². The van der Waals surface area contributed by atoms with Crippen LogP contribution in [0.15, 0.2) is 0 Å². The van der Waals surface area contributed by atoms with Gasteiger partial charge in [-0.05, 0) is 5.92 Å². The van der Waals surface area contributed by atoms with Crippen molar-refractivity contribution in [3.8, 4) is 0 Å². The Morgan fingerprint density at radius 3 is 1.90 bits per heavy atom. The van der Waals surface area contributed by atoms with Crippen LogP contribution in [0.1, 0.15) is 13.8 Å². The SMILES string of the molecule is CC(C)C(F)C(F)(F)CN. The van der Waals surface area contributed by atoms with Gasteiger partial charge in [0.2, 0.25) is 0 Å². The van der Waals surface area contributed by atoms with Crippen molar-refractivity contribution in [2.24, 2.45) is 11.7 Å². The second-order valence-corrected chi connectivity index (χ2v) is 2.61. The summed E-state index contributed by atoms with van der Waals surface area (Å²) < 4.78 is 37.1. The van der Waals surface area contributed by atoms with Crippen LogP contribution in [0, 0.1) is 5.92 Å². The van der Waals surface area contributed by atoms with Gasteiger partial charge < -0.3 is 5.73 Å². The molecule has 0 spiro atoms. The van der Waals surface area contributed by atoms with Crippen LogP contribution in [0.3, 0.4) is 0 Å². The minimum absolute atomic E-state index is 0.682. The number of halogens is 3. The Balaban J connectivity index is 4.03. The highest BCUT2D eigenvalue weighted by Crippen LogP contribution is 2.25. The lowest BCUT2D eigenvalue weighted by Crippen LogP contribution is -2.40. The van der Waals surface area contributed by atoms with Gasteiger partial charge in [0.15, 0.2) is 6.17 Å². The normalized spacial score (nSPS) is 15.9. The maximum Gasteiger partial charge on any atom is 0.290 e. The van der Waals surface area contributed by atoms with E-state index in [9.17, 15) is 13.2 Å². The summed E-state index contributed by atoms with van der Waals surface area (Å²) >= 11 is 0. The van der Waals surface area contributed by atoms with Gasteiger partial charge in [0.1, 0.15) is 0 Å². The Bertz CT molecular complexity index is 103. The van der Waals surface area contributed by atoms with Gasteiger partial charge in [-0.25, -0.2) is 13.2 Å². The molecule has 0 aromatic carbocycles. The summed E-state index contributed by atoms with van der Waals surface area (Å²) in [6, 6.07) is 0. The van der Waals surface area contributed by atoms with Crippen molar-refractivity contribution in [1.82, 2.24) is 0 Å². The monoisotopic (exact) mass is 155 g/mol. The molecule has 2 N–H and O–H groups in total. The highest BCUT2D eigenvalue weighted by Gasteiger charge is 2.40. The minimum Gasteiger partial charge on any atom is -0.325 e. The molecule has 1 nitrogen and oxygen atoms in total. The van der Waals surface area contributed by atoms with Gasteiger partial charge in [-0.15, -0.1) is 0 Å². The fourth-order valence-corrected chi connectivity index (χ4v) is 0.600. The van der Waals surface area contributed by atoms with E-state index in [1.165, 1.54) is 13.8 Å². The third-order valence-corrected chi connectivity index (χ3v) is 1.26. The molecule has 0 saturated heterocycles. The zero-order valence-corrected chi connectivity index (χ0v) is 6.07. The van der Waals surface area contributed by atoms with Crippen molar-refractivity contribution in [3.05, 3.63) is 0 Å². The summed E-state index contributed by atoms with van der Waals surface area (Å²) in [5.41, 5.74) is 4.66. The zero-order chi connectivity index (χ0) is 8.36. The average molecular weight is 155 g/mol. The zero-order valence-electron chi connectivity index (χ0n) is 6.07. The summed E-state index contributed by atoms with van der Waals surface area (Å²) in [4.78, 5) is 0. The summed E-state index contributed by atoms with van der Waals surface area (Å²) in [6.07, 6.45) is -2.13. The largest absolute Gasteiger partial charge is 0.325 e. The number of nitrogens with two attached hydrogens (primary N) is 1. The predicted molar refractivity (Wildman–Crippen MR) is 33.7 cm³/mol. The molecule has 0 saturated carbocycles. The van der Waals surface area contributed by atoms with Crippen LogP contribution < -0.4 is 5.73 Å². The van der Waals surface area contributed by atoms with E-state index in [1.54, 1.807) is 0 Å². The van der Waals surface area contributed by atoms with Crippen molar-refractivity contribution in [2.45, 2.75) is 25.9 Å². The van der Waals surface area contributed by atoms with Crippen molar-refractivity contribution >= 4 is 0 Å². The lowest BCUT2D eigenvalue weighted by Gasteiger charge is -2.21. The first kappa shape index (κ1) is 9.75. The van der Waals surface area contributed by atoms with Gasteiger partial charge in [-0.1, -0.05) is 13.8 Å². The third-order valence-electron chi connectivity index (χ3n) is 1.26. The van der Waals surface area contributed by atoms with Gasteiger partial charge in [0.05, 0.1) is 6.54 Å². The molecule has 0 radical (unpaired) electrons.